The van der Waals surface area contributed by atoms with Gasteiger partial charge in [-0.05, 0) is 18.1 Å². The summed E-state index contributed by atoms with van der Waals surface area (Å²) in [5.74, 6) is 0. The highest BCUT2D eigenvalue weighted by Crippen LogP contribution is 2.18. The van der Waals surface area contributed by atoms with Gasteiger partial charge in [0.25, 0.3) is 5.56 Å². The van der Waals surface area contributed by atoms with E-state index in [0.717, 1.165) is 28.6 Å². The van der Waals surface area contributed by atoms with Gasteiger partial charge >= 0.3 is 0 Å². The molecule has 0 saturated heterocycles. The maximum atomic E-state index is 12.2. The Kier molecular flexibility index (Phi) is 4.14. The predicted molar refractivity (Wildman–Crippen MR) is 81.3 cm³/mol. The maximum absolute atomic E-state index is 12.2. The first-order valence-electron chi connectivity index (χ1n) is 6.33. The average molecular weight is 324 g/mol. The zero-order valence-corrected chi connectivity index (χ0v) is 12.8. The van der Waals surface area contributed by atoms with Crippen molar-refractivity contribution in [3.8, 4) is 0 Å². The van der Waals surface area contributed by atoms with Gasteiger partial charge in [0.05, 0.1) is 12.2 Å². The second-order valence-corrected chi connectivity index (χ2v) is 5.44. The zero-order chi connectivity index (χ0) is 14.0. The third-order valence-corrected chi connectivity index (χ3v) is 4.07. The molecule has 0 radical (unpaired) electrons. The van der Waals surface area contributed by atoms with E-state index < -0.39 is 0 Å². The van der Waals surface area contributed by atoms with Gasteiger partial charge < -0.3 is 5.73 Å². The molecular formula is C14H18BrN3O. The second-order valence-electron chi connectivity index (χ2n) is 4.59. The van der Waals surface area contributed by atoms with Gasteiger partial charge in [0.15, 0.2) is 0 Å². The molecule has 1 aromatic heterocycles. The molecule has 1 heterocycles. The van der Waals surface area contributed by atoms with Crippen LogP contribution in [0.1, 0.15) is 24.6 Å². The molecule has 1 aromatic carbocycles. The lowest BCUT2D eigenvalue weighted by Gasteiger charge is -2.10. The topological polar surface area (TPSA) is 53.0 Å². The molecule has 2 N–H and O–H groups in total. The molecule has 4 nitrogen and oxygen atoms in total. The zero-order valence-electron chi connectivity index (χ0n) is 11.2. The average Bonchev–Trinajstić information content (AvgIpc) is 2.59. The van der Waals surface area contributed by atoms with Crippen molar-refractivity contribution < 1.29 is 0 Å². The van der Waals surface area contributed by atoms with Gasteiger partial charge in [0.2, 0.25) is 0 Å². The van der Waals surface area contributed by atoms with E-state index in [1.165, 1.54) is 0 Å². The minimum absolute atomic E-state index is 0.110. The first-order valence-corrected chi connectivity index (χ1v) is 7.13. The third-order valence-electron chi connectivity index (χ3n) is 3.29. The highest BCUT2D eigenvalue weighted by molar-refractivity contribution is 9.10. The SMILES string of the molecule is CCCc1c(N)c(=O)n(Cc2ccccc2Br)n1C. The number of benzene rings is 1. The largest absolute Gasteiger partial charge is 0.393 e. The van der Waals surface area contributed by atoms with E-state index in [2.05, 4.69) is 22.9 Å². The molecule has 0 fully saturated rings. The van der Waals surface area contributed by atoms with Gasteiger partial charge in [-0.15, -0.1) is 0 Å². The molecular weight excluding hydrogens is 306 g/mol. The quantitative estimate of drug-likeness (QED) is 0.940. The Balaban J connectivity index is 2.44. The van der Waals surface area contributed by atoms with Gasteiger partial charge in [-0.2, -0.15) is 0 Å². The van der Waals surface area contributed by atoms with Crippen molar-refractivity contribution in [2.24, 2.45) is 7.05 Å². The number of aromatic nitrogens is 2. The van der Waals surface area contributed by atoms with Gasteiger partial charge in [0.1, 0.15) is 5.69 Å². The van der Waals surface area contributed by atoms with Crippen LogP contribution in [0.25, 0.3) is 0 Å². The molecule has 0 aliphatic rings. The van der Waals surface area contributed by atoms with E-state index >= 15 is 0 Å². The Labute approximate surface area is 120 Å². The lowest BCUT2D eigenvalue weighted by molar-refractivity contribution is 0.515. The Hall–Kier alpha value is -1.49. The number of nitrogen functional groups attached to an aromatic ring is 1. The fourth-order valence-electron chi connectivity index (χ4n) is 2.22. The molecule has 0 bridgehead atoms. The van der Waals surface area contributed by atoms with Crippen LogP contribution >= 0.6 is 15.9 Å². The Bertz CT molecular complexity index is 643. The number of hydrogen-bond donors (Lipinski definition) is 1. The normalized spacial score (nSPS) is 10.9. The first kappa shape index (κ1) is 13.9. The minimum atomic E-state index is -0.110. The molecule has 0 spiro atoms. The van der Waals surface area contributed by atoms with Crippen molar-refractivity contribution in [1.29, 1.82) is 0 Å². The first-order chi connectivity index (χ1) is 9.06. The fraction of sp³-hybridized carbons (Fsp3) is 0.357. The molecule has 0 atom stereocenters. The van der Waals surface area contributed by atoms with Crippen LogP contribution in [0.3, 0.4) is 0 Å². The summed E-state index contributed by atoms with van der Waals surface area (Å²) in [6.07, 6.45) is 1.79. The van der Waals surface area contributed by atoms with E-state index in [1.54, 1.807) is 4.68 Å². The van der Waals surface area contributed by atoms with Crippen LogP contribution in [-0.2, 0) is 20.0 Å². The lowest BCUT2D eigenvalue weighted by atomic mass is 10.2. The lowest BCUT2D eigenvalue weighted by Crippen LogP contribution is -2.23. The van der Waals surface area contributed by atoms with Crippen LogP contribution < -0.4 is 11.3 Å². The van der Waals surface area contributed by atoms with Crippen molar-refractivity contribution in [3.05, 3.63) is 50.3 Å². The summed E-state index contributed by atoms with van der Waals surface area (Å²) in [6.45, 7) is 2.60. The summed E-state index contributed by atoms with van der Waals surface area (Å²) in [7, 11) is 1.89. The van der Waals surface area contributed by atoms with Crippen LogP contribution in [-0.4, -0.2) is 9.36 Å². The third kappa shape index (κ3) is 2.61. The van der Waals surface area contributed by atoms with E-state index in [1.807, 2.05) is 36.0 Å². The van der Waals surface area contributed by atoms with Crippen molar-refractivity contribution >= 4 is 21.6 Å². The standard InChI is InChI=1S/C14H18BrN3O/c1-3-6-12-13(16)14(19)18(17(12)2)9-10-7-4-5-8-11(10)15/h4-5,7-8H,3,6,9,16H2,1-2H3. The summed E-state index contributed by atoms with van der Waals surface area (Å²) >= 11 is 3.50. The smallest absolute Gasteiger partial charge is 0.290 e. The van der Waals surface area contributed by atoms with Crippen LogP contribution in [0, 0.1) is 0 Å². The molecule has 0 unspecified atom stereocenters. The molecule has 0 aliphatic carbocycles. The van der Waals surface area contributed by atoms with Crippen molar-refractivity contribution in [2.75, 3.05) is 5.73 Å². The van der Waals surface area contributed by atoms with Crippen molar-refractivity contribution in [3.63, 3.8) is 0 Å². The molecule has 19 heavy (non-hydrogen) atoms. The number of rotatable bonds is 4. The summed E-state index contributed by atoms with van der Waals surface area (Å²) in [5.41, 5.74) is 8.16. The van der Waals surface area contributed by atoms with Gasteiger partial charge in [-0.1, -0.05) is 47.5 Å². The highest BCUT2D eigenvalue weighted by Gasteiger charge is 2.15. The number of hydrogen-bond acceptors (Lipinski definition) is 2. The fourth-order valence-corrected chi connectivity index (χ4v) is 2.63. The number of anilines is 1. The minimum Gasteiger partial charge on any atom is -0.393 e. The van der Waals surface area contributed by atoms with E-state index in [9.17, 15) is 4.79 Å². The molecule has 0 aliphatic heterocycles. The monoisotopic (exact) mass is 323 g/mol. The number of halogens is 1. The van der Waals surface area contributed by atoms with Crippen LogP contribution in [0.2, 0.25) is 0 Å². The molecule has 102 valence electrons. The Morgan fingerprint density at radius 2 is 2.00 bits per heavy atom. The Morgan fingerprint density at radius 1 is 1.32 bits per heavy atom. The molecule has 2 rings (SSSR count). The summed E-state index contributed by atoms with van der Waals surface area (Å²) < 4.78 is 4.56. The summed E-state index contributed by atoms with van der Waals surface area (Å²) in [4.78, 5) is 12.2. The van der Waals surface area contributed by atoms with E-state index in [4.69, 9.17) is 5.73 Å². The van der Waals surface area contributed by atoms with Crippen LogP contribution in [0.5, 0.6) is 0 Å². The molecule has 2 aromatic rings. The summed E-state index contributed by atoms with van der Waals surface area (Å²) in [5, 5.41) is 0. The molecule has 0 saturated carbocycles. The van der Waals surface area contributed by atoms with Gasteiger partial charge in [-0.3, -0.25) is 9.48 Å². The van der Waals surface area contributed by atoms with Crippen molar-refractivity contribution in [2.45, 2.75) is 26.3 Å². The Morgan fingerprint density at radius 3 is 2.63 bits per heavy atom. The van der Waals surface area contributed by atoms with Gasteiger partial charge in [-0.25, -0.2) is 4.68 Å². The predicted octanol–water partition coefficient (Wildman–Crippen LogP) is 2.53. The molecule has 0 amide bonds. The number of nitrogens with two attached hydrogens (primary N) is 1. The van der Waals surface area contributed by atoms with Crippen molar-refractivity contribution in [1.82, 2.24) is 9.36 Å². The van der Waals surface area contributed by atoms with Gasteiger partial charge in [0, 0.05) is 11.5 Å². The van der Waals surface area contributed by atoms with Crippen LogP contribution in [0.4, 0.5) is 5.69 Å². The van der Waals surface area contributed by atoms with E-state index in [0.29, 0.717) is 12.2 Å². The molecule has 5 heteroatoms. The summed E-state index contributed by atoms with van der Waals surface area (Å²) in [6, 6.07) is 7.89. The van der Waals surface area contributed by atoms with E-state index in [-0.39, 0.29) is 5.56 Å². The number of nitrogens with zero attached hydrogens (tertiary/aromatic N) is 2. The maximum Gasteiger partial charge on any atom is 0.290 e. The second kappa shape index (κ2) is 5.65. The highest BCUT2D eigenvalue weighted by atomic mass is 79.9. The van der Waals surface area contributed by atoms with Crippen LogP contribution in [0.15, 0.2) is 33.5 Å².